The van der Waals surface area contributed by atoms with Crippen LogP contribution < -0.4 is 5.73 Å². The van der Waals surface area contributed by atoms with E-state index in [1.165, 1.54) is 0 Å². The van der Waals surface area contributed by atoms with E-state index < -0.39 is 0 Å². The van der Waals surface area contributed by atoms with E-state index in [4.69, 9.17) is 17.3 Å². The molecule has 1 aromatic carbocycles. The fraction of sp³-hybridized carbons (Fsp3) is 0.214. The normalized spacial score (nSPS) is 12.3. The second kappa shape index (κ2) is 6.77. The van der Waals surface area contributed by atoms with Crippen molar-refractivity contribution in [3.63, 3.8) is 0 Å². The van der Waals surface area contributed by atoms with Crippen molar-refractivity contribution in [1.29, 1.82) is 0 Å². The van der Waals surface area contributed by atoms with Crippen molar-refractivity contribution in [2.24, 2.45) is 5.73 Å². The quantitative estimate of drug-likeness (QED) is 0.765. The molecule has 0 fully saturated rings. The number of nitrogens with zero attached hydrogens (tertiary/aromatic N) is 2. The lowest BCUT2D eigenvalue weighted by atomic mass is 10.1. The first-order valence-corrected chi connectivity index (χ1v) is 7.51. The number of fused-ring (bicyclic) bond motifs is 1. The Bertz CT molecular complexity index is 723. The van der Waals surface area contributed by atoms with Gasteiger partial charge in [-0.05, 0) is 12.1 Å². The average Bonchev–Trinajstić information content (AvgIpc) is 3.02. The average molecular weight is 344 g/mol. The molecule has 3 rings (SSSR count). The smallest absolute Gasteiger partial charge is 0.194 e. The fourth-order valence-electron chi connectivity index (χ4n) is 2.18. The van der Waals surface area contributed by atoms with Crippen molar-refractivity contribution in [3.8, 4) is 11.3 Å². The lowest BCUT2D eigenvalue weighted by Crippen LogP contribution is -2.27. The molecule has 3 N–H and O–H groups in total. The van der Waals surface area contributed by atoms with Gasteiger partial charge in [0.2, 0.25) is 0 Å². The Morgan fingerprint density at radius 2 is 2.05 bits per heavy atom. The van der Waals surface area contributed by atoms with Gasteiger partial charge in [-0.3, -0.25) is 4.40 Å². The summed E-state index contributed by atoms with van der Waals surface area (Å²) >= 11 is 7.50. The number of halogens is 2. The molecule has 3 aromatic rings. The van der Waals surface area contributed by atoms with Crippen molar-refractivity contribution >= 4 is 40.3 Å². The van der Waals surface area contributed by atoms with E-state index in [0.717, 1.165) is 21.9 Å². The van der Waals surface area contributed by atoms with Gasteiger partial charge >= 0.3 is 0 Å². The molecule has 0 aliphatic heterocycles. The number of aliphatic hydroxyl groups excluding tert-OH is 1. The predicted octanol–water partition coefficient (Wildman–Crippen LogP) is 3.00. The zero-order valence-electron chi connectivity index (χ0n) is 11.1. The predicted molar refractivity (Wildman–Crippen MR) is 89.5 cm³/mol. The molecule has 0 radical (unpaired) electrons. The Kier molecular flexibility index (Phi) is 5.24. The van der Waals surface area contributed by atoms with Gasteiger partial charge in [0, 0.05) is 34.6 Å². The highest BCUT2D eigenvalue weighted by Gasteiger charge is 2.17. The number of hydrogen-bond acceptors (Lipinski definition) is 4. The van der Waals surface area contributed by atoms with Crippen LogP contribution in [0.5, 0.6) is 0 Å². The second-order valence-electron chi connectivity index (χ2n) is 4.62. The first kappa shape index (κ1) is 16.3. The minimum absolute atomic E-state index is 0. The van der Waals surface area contributed by atoms with Gasteiger partial charge in [-0.15, -0.1) is 23.7 Å². The highest BCUT2D eigenvalue weighted by atomic mass is 35.5. The Hall–Kier alpha value is -1.11. The highest BCUT2D eigenvalue weighted by molar-refractivity contribution is 7.15. The lowest BCUT2D eigenvalue weighted by Gasteiger charge is -2.09. The molecule has 0 saturated heterocycles. The molecule has 0 aliphatic carbocycles. The maximum Gasteiger partial charge on any atom is 0.194 e. The highest BCUT2D eigenvalue weighted by Crippen LogP contribution is 2.28. The third-order valence-electron chi connectivity index (χ3n) is 3.17. The van der Waals surface area contributed by atoms with Gasteiger partial charge in [0.25, 0.3) is 0 Å². The van der Waals surface area contributed by atoms with Crippen LogP contribution in [0, 0.1) is 0 Å². The molecule has 0 aliphatic rings. The summed E-state index contributed by atoms with van der Waals surface area (Å²) in [4.78, 5) is 5.59. The minimum Gasteiger partial charge on any atom is -0.395 e. The standard InChI is InChI=1S/C14H14ClN3OS.ClH/c15-10-3-1-9(2-4-10)13-12(7-11(16)8-19)18-5-6-20-14(18)17-13;/h1-6,11,19H,7-8,16H2;1H. The first-order chi connectivity index (χ1) is 9.69. The van der Waals surface area contributed by atoms with E-state index >= 15 is 0 Å². The number of imidazole rings is 1. The Morgan fingerprint density at radius 3 is 2.71 bits per heavy atom. The zero-order chi connectivity index (χ0) is 14.1. The number of thiazole rings is 1. The maximum absolute atomic E-state index is 9.18. The van der Waals surface area contributed by atoms with Crippen LogP contribution in [0.2, 0.25) is 5.02 Å². The van der Waals surface area contributed by atoms with Gasteiger partial charge in [0.15, 0.2) is 4.96 Å². The number of rotatable bonds is 4. The van der Waals surface area contributed by atoms with Gasteiger partial charge < -0.3 is 10.8 Å². The third-order valence-corrected chi connectivity index (χ3v) is 4.18. The summed E-state index contributed by atoms with van der Waals surface area (Å²) in [6.45, 7) is -0.0442. The topological polar surface area (TPSA) is 63.5 Å². The van der Waals surface area contributed by atoms with E-state index in [0.29, 0.717) is 11.4 Å². The Labute approximate surface area is 137 Å². The minimum atomic E-state index is -0.291. The molecular weight excluding hydrogens is 329 g/mol. The summed E-state index contributed by atoms with van der Waals surface area (Å²) in [6.07, 6.45) is 2.55. The van der Waals surface area contributed by atoms with Gasteiger partial charge in [0.1, 0.15) is 0 Å². The first-order valence-electron chi connectivity index (χ1n) is 6.26. The monoisotopic (exact) mass is 343 g/mol. The number of aromatic nitrogens is 2. The maximum atomic E-state index is 9.18. The summed E-state index contributed by atoms with van der Waals surface area (Å²) in [5.41, 5.74) is 8.81. The molecule has 4 nitrogen and oxygen atoms in total. The van der Waals surface area contributed by atoms with Crippen LogP contribution in [0.1, 0.15) is 5.69 Å². The van der Waals surface area contributed by atoms with Gasteiger partial charge in [-0.25, -0.2) is 4.98 Å². The van der Waals surface area contributed by atoms with Crippen molar-refractivity contribution in [2.45, 2.75) is 12.5 Å². The fourth-order valence-corrected chi connectivity index (χ4v) is 3.04. The molecule has 21 heavy (non-hydrogen) atoms. The van der Waals surface area contributed by atoms with E-state index in [9.17, 15) is 5.11 Å². The summed E-state index contributed by atoms with van der Waals surface area (Å²) < 4.78 is 2.03. The van der Waals surface area contributed by atoms with Gasteiger partial charge in [0.05, 0.1) is 18.0 Å². The summed E-state index contributed by atoms with van der Waals surface area (Å²) in [6, 6.07) is 7.30. The number of aliphatic hydroxyl groups is 1. The van der Waals surface area contributed by atoms with Crippen LogP contribution in [-0.2, 0) is 6.42 Å². The van der Waals surface area contributed by atoms with E-state index in [1.807, 2.05) is 40.2 Å². The van der Waals surface area contributed by atoms with Crippen LogP contribution in [0.15, 0.2) is 35.8 Å². The molecule has 2 aromatic heterocycles. The van der Waals surface area contributed by atoms with Gasteiger partial charge in [-0.2, -0.15) is 0 Å². The summed E-state index contributed by atoms with van der Waals surface area (Å²) in [5, 5.41) is 11.9. The number of benzene rings is 1. The molecule has 0 saturated carbocycles. The molecule has 0 spiro atoms. The zero-order valence-corrected chi connectivity index (χ0v) is 13.5. The van der Waals surface area contributed by atoms with Crippen molar-refractivity contribution in [1.82, 2.24) is 9.38 Å². The number of hydrogen-bond donors (Lipinski definition) is 2. The lowest BCUT2D eigenvalue weighted by molar-refractivity contribution is 0.264. The largest absolute Gasteiger partial charge is 0.395 e. The van der Waals surface area contributed by atoms with Crippen molar-refractivity contribution < 1.29 is 5.11 Å². The number of nitrogens with two attached hydrogens (primary N) is 1. The van der Waals surface area contributed by atoms with E-state index in [1.54, 1.807) is 11.3 Å². The summed E-state index contributed by atoms with van der Waals surface area (Å²) in [7, 11) is 0. The van der Waals surface area contributed by atoms with Crippen molar-refractivity contribution in [2.75, 3.05) is 6.61 Å². The molecular formula is C14H15Cl2N3OS. The van der Waals surface area contributed by atoms with Crippen molar-refractivity contribution in [3.05, 3.63) is 46.6 Å². The van der Waals surface area contributed by atoms with Gasteiger partial charge in [-0.1, -0.05) is 23.7 Å². The molecule has 7 heteroatoms. The van der Waals surface area contributed by atoms with Crippen LogP contribution in [0.4, 0.5) is 0 Å². The SMILES string of the molecule is Cl.NC(CO)Cc1c(-c2ccc(Cl)cc2)nc2sccn12. The molecule has 112 valence electrons. The summed E-state index contributed by atoms with van der Waals surface area (Å²) in [5.74, 6) is 0. The molecule has 1 atom stereocenters. The van der Waals surface area contributed by atoms with E-state index in [-0.39, 0.29) is 25.1 Å². The van der Waals surface area contributed by atoms with E-state index in [2.05, 4.69) is 4.98 Å². The third kappa shape index (κ3) is 3.22. The Balaban J connectivity index is 0.00000161. The molecule has 0 amide bonds. The van der Waals surface area contributed by atoms with Crippen LogP contribution in [-0.4, -0.2) is 27.1 Å². The Morgan fingerprint density at radius 1 is 1.33 bits per heavy atom. The van der Waals surface area contributed by atoms with Crippen LogP contribution in [0.3, 0.4) is 0 Å². The van der Waals surface area contributed by atoms with Crippen LogP contribution in [0.25, 0.3) is 16.2 Å². The molecule has 0 bridgehead atoms. The van der Waals surface area contributed by atoms with Crippen LogP contribution >= 0.6 is 35.3 Å². The molecule has 1 unspecified atom stereocenters. The second-order valence-corrected chi connectivity index (χ2v) is 5.93. The molecule has 2 heterocycles.